The predicted molar refractivity (Wildman–Crippen MR) is 177 cm³/mol. The normalized spacial score (nSPS) is 14.9. The molecule has 44 heavy (non-hydrogen) atoms. The molecule has 2 aromatic carbocycles. The monoisotopic (exact) mass is 624 g/mol. The van der Waals surface area contributed by atoms with Gasteiger partial charge in [0.1, 0.15) is 0 Å². The number of isocyanates is 1. The van der Waals surface area contributed by atoms with E-state index in [0.29, 0.717) is 24.5 Å². The molecule has 240 valence electrons. The molecule has 1 heterocycles. The van der Waals surface area contributed by atoms with Gasteiger partial charge in [0.05, 0.1) is 16.3 Å². The fraction of sp³-hybridized carbons (Fsp3) is 0.545. The van der Waals surface area contributed by atoms with Crippen LogP contribution in [0.2, 0.25) is 0 Å². The van der Waals surface area contributed by atoms with Crippen molar-refractivity contribution in [2.45, 2.75) is 110 Å². The molecule has 0 saturated carbocycles. The van der Waals surface area contributed by atoms with Crippen LogP contribution in [0.15, 0.2) is 73.7 Å². The number of sulfonamides is 1. The maximum absolute atomic E-state index is 13.1. The average molecular weight is 625 g/mol. The maximum Gasteiger partial charge on any atom is 0.282 e. The molecule has 1 unspecified atom stereocenters. The Morgan fingerprint density at radius 2 is 1.36 bits per heavy atom. The predicted octanol–water partition coefficient (Wildman–Crippen LogP) is 8.10. The van der Waals surface area contributed by atoms with E-state index in [4.69, 9.17) is 0 Å². The molecule has 0 fully saturated rings. The second kappa shape index (κ2) is 19.7. The molecular formula is C33H48N6O4S. The lowest BCUT2D eigenvalue weighted by Crippen LogP contribution is -2.33. The Morgan fingerprint density at radius 3 is 1.86 bits per heavy atom. The fourth-order valence-corrected chi connectivity index (χ4v) is 5.88. The van der Waals surface area contributed by atoms with Gasteiger partial charge in [0.25, 0.3) is 5.91 Å². The van der Waals surface area contributed by atoms with E-state index in [1.54, 1.807) is 12.1 Å². The number of anilines is 1. The van der Waals surface area contributed by atoms with Crippen LogP contribution in [-0.4, -0.2) is 49.7 Å². The molecule has 1 aliphatic heterocycles. The molecule has 0 saturated heterocycles. The van der Waals surface area contributed by atoms with E-state index < -0.39 is 22.0 Å². The second-order valence-corrected chi connectivity index (χ2v) is 12.7. The summed E-state index contributed by atoms with van der Waals surface area (Å²) in [6, 6.07) is 11.9. The Balaban J connectivity index is 0.000000742. The van der Waals surface area contributed by atoms with Crippen molar-refractivity contribution < 1.29 is 18.0 Å². The minimum absolute atomic E-state index is 0.124. The molecule has 0 bridgehead atoms. The van der Waals surface area contributed by atoms with Gasteiger partial charge in [0.2, 0.25) is 22.1 Å². The summed E-state index contributed by atoms with van der Waals surface area (Å²) in [6.45, 7) is 11.4. The lowest BCUT2D eigenvalue weighted by atomic mass is 10.1. The molecule has 1 aliphatic rings. The number of nitrogens with zero attached hydrogens (tertiary/aromatic N) is 6. The number of benzene rings is 2. The molecule has 1 atom stereocenters. The Morgan fingerprint density at radius 1 is 0.818 bits per heavy atom. The zero-order valence-electron chi connectivity index (χ0n) is 26.9. The van der Waals surface area contributed by atoms with Crippen molar-refractivity contribution in [3.63, 3.8) is 0 Å². The van der Waals surface area contributed by atoms with Crippen molar-refractivity contribution in [2.24, 2.45) is 20.3 Å². The van der Waals surface area contributed by atoms with Crippen LogP contribution in [0.3, 0.4) is 0 Å². The van der Waals surface area contributed by atoms with E-state index in [0.717, 1.165) is 36.3 Å². The number of hydrogen-bond donors (Lipinski definition) is 0. The number of hydrazone groups is 1. The third kappa shape index (κ3) is 11.2. The van der Waals surface area contributed by atoms with E-state index in [1.165, 1.54) is 73.2 Å². The number of azo groups is 1. The molecule has 2 aromatic rings. The first-order valence-electron chi connectivity index (χ1n) is 15.8. The number of aryl methyl sites for hydroxylation is 1. The summed E-state index contributed by atoms with van der Waals surface area (Å²) in [4.78, 5) is 27.5. The van der Waals surface area contributed by atoms with Crippen molar-refractivity contribution in [1.82, 2.24) is 4.31 Å². The van der Waals surface area contributed by atoms with Gasteiger partial charge in [-0.15, -0.1) is 10.1 Å². The largest absolute Gasteiger partial charge is 0.282 e. The maximum atomic E-state index is 13.1. The van der Waals surface area contributed by atoms with Crippen molar-refractivity contribution in [2.75, 3.05) is 18.1 Å². The molecule has 11 heteroatoms. The van der Waals surface area contributed by atoms with Gasteiger partial charge in [-0.25, -0.2) is 13.2 Å². The number of amidine groups is 1. The van der Waals surface area contributed by atoms with Crippen LogP contribution in [-0.2, 0) is 19.6 Å². The van der Waals surface area contributed by atoms with Crippen LogP contribution in [0.1, 0.15) is 97.5 Å². The minimum atomic E-state index is -3.64. The summed E-state index contributed by atoms with van der Waals surface area (Å²) in [6.07, 6.45) is 13.3. The van der Waals surface area contributed by atoms with Gasteiger partial charge in [-0.2, -0.15) is 19.5 Å². The highest BCUT2D eigenvalue weighted by molar-refractivity contribution is 7.89. The molecular weight excluding hydrogens is 576 g/mol. The number of unbranched alkanes of at least 4 members (excludes halogenated alkanes) is 7. The van der Waals surface area contributed by atoms with Gasteiger partial charge in [0, 0.05) is 13.1 Å². The molecule has 1 amide bonds. The standard InChI is InChI=1S/C25H30N6O4S.C8H18/c1-4-6-16-30(17-7-5-2)36(34,35)22-14-10-20(11-15-22)27-28-23-24(26-18-32)29-31(25(23)33)21-12-8-19(3)9-13-21;1-3-5-7-8-6-4-2/h8-15,23H,4-7,16-17H2,1-3H3;3-8H2,1-2H3. The molecule has 0 radical (unpaired) electrons. The van der Waals surface area contributed by atoms with Crippen molar-refractivity contribution >= 4 is 39.2 Å². The highest BCUT2D eigenvalue weighted by Crippen LogP contribution is 2.25. The van der Waals surface area contributed by atoms with Crippen molar-refractivity contribution in [3.05, 3.63) is 54.1 Å². The topological polar surface area (TPSA) is 124 Å². The highest BCUT2D eigenvalue weighted by Gasteiger charge is 2.37. The first-order chi connectivity index (χ1) is 21.2. The quantitative estimate of drug-likeness (QED) is 0.0810. The zero-order valence-corrected chi connectivity index (χ0v) is 27.7. The van der Waals surface area contributed by atoms with Gasteiger partial charge < -0.3 is 0 Å². The Labute approximate surface area is 263 Å². The van der Waals surface area contributed by atoms with Crippen molar-refractivity contribution in [3.8, 4) is 0 Å². The van der Waals surface area contributed by atoms with E-state index in [9.17, 15) is 18.0 Å². The van der Waals surface area contributed by atoms with Gasteiger partial charge >= 0.3 is 0 Å². The summed E-state index contributed by atoms with van der Waals surface area (Å²) in [5, 5.41) is 13.3. The molecule has 0 aromatic heterocycles. The third-order valence-corrected chi connectivity index (χ3v) is 8.98. The number of carbonyl (C=O) groups excluding carboxylic acids is 2. The summed E-state index contributed by atoms with van der Waals surface area (Å²) < 4.78 is 27.8. The number of rotatable bonds is 16. The van der Waals surface area contributed by atoms with Crippen LogP contribution in [0.25, 0.3) is 0 Å². The molecule has 0 spiro atoms. The smallest absolute Gasteiger partial charge is 0.269 e. The van der Waals surface area contributed by atoms with Crippen LogP contribution in [0.5, 0.6) is 0 Å². The number of aliphatic imine (C=N–C) groups is 1. The van der Waals surface area contributed by atoms with Crippen LogP contribution >= 0.6 is 0 Å². The van der Waals surface area contributed by atoms with Crippen LogP contribution in [0, 0.1) is 6.92 Å². The summed E-state index contributed by atoms with van der Waals surface area (Å²) in [5.74, 6) is -0.640. The van der Waals surface area contributed by atoms with E-state index in [2.05, 4.69) is 34.2 Å². The average Bonchev–Trinajstić information content (AvgIpc) is 3.33. The first kappa shape index (κ1) is 36.7. The van der Waals surface area contributed by atoms with Gasteiger partial charge in [-0.3, -0.25) is 4.79 Å². The second-order valence-electron chi connectivity index (χ2n) is 10.8. The van der Waals surface area contributed by atoms with Gasteiger partial charge in [0.15, 0.2) is 5.84 Å². The summed E-state index contributed by atoms with van der Waals surface area (Å²) >= 11 is 0. The molecule has 10 nitrogen and oxygen atoms in total. The van der Waals surface area contributed by atoms with Crippen molar-refractivity contribution in [1.29, 1.82) is 0 Å². The molecule has 0 N–H and O–H groups in total. The van der Waals surface area contributed by atoms with Gasteiger partial charge in [-0.1, -0.05) is 96.8 Å². The summed E-state index contributed by atoms with van der Waals surface area (Å²) in [7, 11) is -3.64. The van der Waals surface area contributed by atoms with Crippen LogP contribution < -0.4 is 5.01 Å². The SMILES string of the molecule is CCCCCCCC.CCCCN(CCCC)S(=O)(=O)c1ccc(N=NC2C(=O)N(c3ccc(C)cc3)N=C2N=C=O)cc1. The Bertz CT molecular complexity index is 1350. The molecule has 0 aliphatic carbocycles. The lowest BCUT2D eigenvalue weighted by molar-refractivity contribution is -0.117. The highest BCUT2D eigenvalue weighted by atomic mass is 32.2. The van der Waals surface area contributed by atoms with E-state index >= 15 is 0 Å². The van der Waals surface area contributed by atoms with Crippen LogP contribution in [0.4, 0.5) is 11.4 Å². The minimum Gasteiger partial charge on any atom is -0.269 e. The molecule has 3 rings (SSSR count). The Kier molecular flexibility index (Phi) is 16.4. The fourth-order valence-electron chi connectivity index (χ4n) is 4.37. The number of carbonyl (C=O) groups is 1. The van der Waals surface area contributed by atoms with E-state index in [-0.39, 0.29) is 10.7 Å². The zero-order chi connectivity index (χ0) is 32.4. The number of amides is 1. The van der Waals surface area contributed by atoms with E-state index in [1.807, 2.05) is 32.9 Å². The third-order valence-electron chi connectivity index (χ3n) is 7.07. The summed E-state index contributed by atoms with van der Waals surface area (Å²) in [5.41, 5.74) is 1.87. The lowest BCUT2D eigenvalue weighted by Gasteiger charge is -2.22. The van der Waals surface area contributed by atoms with Gasteiger partial charge in [-0.05, 0) is 56.2 Å². The first-order valence-corrected chi connectivity index (χ1v) is 17.2. The Hall–Kier alpha value is -3.53. The number of hydrogen-bond acceptors (Lipinski definition) is 8.